The standard InChI is InChI=1S/C6H8N2.ClOP/c7-5-3-1-2-4-6(5)8;1-3-2/h1-4H,7-8H2;. The van der Waals surface area contributed by atoms with Crippen molar-refractivity contribution in [3.63, 3.8) is 0 Å². The zero-order valence-corrected chi connectivity index (χ0v) is 7.35. The third kappa shape index (κ3) is 4.59. The van der Waals surface area contributed by atoms with E-state index < -0.39 is 0 Å². The molecule has 4 N–H and O–H groups in total. The summed E-state index contributed by atoms with van der Waals surface area (Å²) in [6, 6.07) is 7.25. The van der Waals surface area contributed by atoms with E-state index in [1.807, 2.05) is 12.1 Å². The highest BCUT2D eigenvalue weighted by Crippen LogP contribution is 2.10. The van der Waals surface area contributed by atoms with Crippen LogP contribution in [-0.2, 0) is 4.57 Å². The molecule has 0 spiro atoms. The molecule has 0 aromatic heterocycles. The first-order valence-corrected chi connectivity index (χ1v) is 4.47. The monoisotopic (exact) mass is 190 g/mol. The third-order valence-electron chi connectivity index (χ3n) is 0.996. The summed E-state index contributed by atoms with van der Waals surface area (Å²) in [5.41, 5.74) is 12.1. The van der Waals surface area contributed by atoms with Gasteiger partial charge in [0, 0.05) is 0 Å². The molecule has 0 aliphatic rings. The lowest BCUT2D eigenvalue weighted by Crippen LogP contribution is -1.91. The first-order chi connectivity index (χ1) is 5.22. The van der Waals surface area contributed by atoms with E-state index in [2.05, 4.69) is 11.2 Å². The van der Waals surface area contributed by atoms with Crippen molar-refractivity contribution < 1.29 is 4.57 Å². The minimum absolute atomic E-state index is 0.361. The van der Waals surface area contributed by atoms with Gasteiger partial charge in [-0.15, -0.1) is 0 Å². The highest BCUT2D eigenvalue weighted by atomic mass is 35.7. The smallest absolute Gasteiger partial charge is 0.267 e. The van der Waals surface area contributed by atoms with E-state index in [9.17, 15) is 0 Å². The van der Waals surface area contributed by atoms with E-state index in [0.29, 0.717) is 11.4 Å². The number of rotatable bonds is 0. The zero-order chi connectivity index (χ0) is 8.69. The van der Waals surface area contributed by atoms with Gasteiger partial charge in [-0.25, -0.2) is 0 Å². The van der Waals surface area contributed by atoms with Crippen molar-refractivity contribution in [3.05, 3.63) is 24.3 Å². The Kier molecular flexibility index (Phi) is 5.53. The second kappa shape index (κ2) is 5.96. The summed E-state index contributed by atoms with van der Waals surface area (Å²) in [5, 5.41) is 0. The molecule has 0 amide bonds. The van der Waals surface area contributed by atoms with Gasteiger partial charge in [-0.3, -0.25) is 4.57 Å². The van der Waals surface area contributed by atoms with Gasteiger partial charge in [0.1, 0.15) is 0 Å². The van der Waals surface area contributed by atoms with Crippen LogP contribution in [-0.4, -0.2) is 0 Å². The molecule has 0 saturated carbocycles. The quantitative estimate of drug-likeness (QED) is 0.487. The summed E-state index contributed by atoms with van der Waals surface area (Å²) in [6.07, 6.45) is 0. The normalized spacial score (nSPS) is 8.45. The molecule has 0 atom stereocenters. The molecule has 11 heavy (non-hydrogen) atoms. The Bertz CT molecular complexity index is 211. The fraction of sp³-hybridized carbons (Fsp3) is 0. The van der Waals surface area contributed by atoms with Crippen molar-refractivity contribution in [1.82, 2.24) is 0 Å². The second-order valence-corrected chi connectivity index (χ2v) is 2.25. The van der Waals surface area contributed by atoms with Crippen LogP contribution in [0.1, 0.15) is 0 Å². The van der Waals surface area contributed by atoms with E-state index in [0.717, 1.165) is 0 Å². The van der Waals surface area contributed by atoms with Crippen LogP contribution in [0, 0.1) is 0 Å². The average Bonchev–Trinajstić information content (AvgIpc) is 1.97. The lowest BCUT2D eigenvalue weighted by molar-refractivity contribution is 0.605. The summed E-state index contributed by atoms with van der Waals surface area (Å²) in [7, 11) is -0.361. The van der Waals surface area contributed by atoms with Gasteiger partial charge in [0.05, 0.1) is 11.4 Å². The Balaban J connectivity index is 0.000000292. The third-order valence-corrected chi connectivity index (χ3v) is 0.996. The lowest BCUT2D eigenvalue weighted by Gasteiger charge is -1.94. The first kappa shape index (κ1) is 10.2. The summed E-state index contributed by atoms with van der Waals surface area (Å²) < 4.78 is 8.67. The minimum Gasteiger partial charge on any atom is -0.397 e. The Hall–Kier alpha value is -0.790. The molecule has 0 unspecified atom stereocenters. The predicted molar refractivity (Wildman–Crippen MR) is 48.7 cm³/mol. The van der Waals surface area contributed by atoms with Crippen LogP contribution in [0.4, 0.5) is 11.4 Å². The van der Waals surface area contributed by atoms with Crippen LogP contribution in [0.3, 0.4) is 0 Å². The molecular weight excluding hydrogens is 183 g/mol. The fourth-order valence-electron chi connectivity index (χ4n) is 0.511. The maximum Gasteiger partial charge on any atom is 0.267 e. The van der Waals surface area contributed by atoms with Gasteiger partial charge in [-0.2, -0.15) is 0 Å². The van der Waals surface area contributed by atoms with Crippen LogP contribution in [0.5, 0.6) is 0 Å². The Morgan fingerprint density at radius 1 is 1.18 bits per heavy atom. The van der Waals surface area contributed by atoms with Crippen molar-refractivity contribution in [3.8, 4) is 0 Å². The van der Waals surface area contributed by atoms with Gasteiger partial charge >= 0.3 is 0 Å². The SMILES string of the molecule is Nc1ccccc1N.O=PCl. The highest BCUT2D eigenvalue weighted by Gasteiger charge is 1.85. The highest BCUT2D eigenvalue weighted by molar-refractivity contribution is 7.57. The number of hydrogen-bond acceptors (Lipinski definition) is 3. The van der Waals surface area contributed by atoms with Crippen LogP contribution in [0.25, 0.3) is 0 Å². The van der Waals surface area contributed by atoms with E-state index in [4.69, 9.17) is 16.0 Å². The Morgan fingerprint density at radius 3 is 1.64 bits per heavy atom. The Labute approximate surface area is 71.3 Å². The van der Waals surface area contributed by atoms with E-state index in [1.165, 1.54) is 0 Å². The molecule has 3 nitrogen and oxygen atoms in total. The molecule has 1 rings (SSSR count). The number of nitrogen functional groups attached to an aromatic ring is 2. The summed E-state index contributed by atoms with van der Waals surface area (Å²) in [4.78, 5) is 0. The molecule has 5 heteroatoms. The molecule has 1 aromatic carbocycles. The van der Waals surface area contributed by atoms with Crippen molar-refractivity contribution >= 4 is 30.4 Å². The molecule has 0 heterocycles. The average molecular weight is 191 g/mol. The number of nitrogens with two attached hydrogens (primary N) is 2. The van der Waals surface area contributed by atoms with Crippen molar-refractivity contribution in [1.29, 1.82) is 0 Å². The molecule has 0 aliphatic heterocycles. The summed E-state index contributed by atoms with van der Waals surface area (Å²) in [5.74, 6) is 0. The van der Waals surface area contributed by atoms with Gasteiger partial charge in [-0.05, 0) is 23.4 Å². The minimum atomic E-state index is -0.361. The summed E-state index contributed by atoms with van der Waals surface area (Å²) >= 11 is 4.42. The molecule has 0 bridgehead atoms. The van der Waals surface area contributed by atoms with Crippen molar-refractivity contribution in [2.45, 2.75) is 0 Å². The zero-order valence-electron chi connectivity index (χ0n) is 5.70. The van der Waals surface area contributed by atoms with Gasteiger partial charge < -0.3 is 11.5 Å². The molecule has 60 valence electrons. The maximum absolute atomic E-state index is 8.67. The first-order valence-electron chi connectivity index (χ1n) is 2.76. The van der Waals surface area contributed by atoms with Gasteiger partial charge in [0.2, 0.25) is 0 Å². The molecule has 0 aliphatic carbocycles. The number of hydrogen-bond donors (Lipinski definition) is 2. The molecule has 1 aromatic rings. The number of halogens is 1. The predicted octanol–water partition coefficient (Wildman–Crippen LogP) is 2.28. The van der Waals surface area contributed by atoms with Gasteiger partial charge in [0.25, 0.3) is 7.81 Å². The van der Waals surface area contributed by atoms with Crippen LogP contribution in [0.15, 0.2) is 24.3 Å². The number of anilines is 2. The topological polar surface area (TPSA) is 69.1 Å². The van der Waals surface area contributed by atoms with Crippen LogP contribution >= 0.6 is 19.1 Å². The molecule has 0 fully saturated rings. The van der Waals surface area contributed by atoms with Crippen molar-refractivity contribution in [2.75, 3.05) is 11.5 Å². The van der Waals surface area contributed by atoms with Gasteiger partial charge in [-0.1, -0.05) is 12.1 Å². The largest absolute Gasteiger partial charge is 0.397 e. The fourth-order valence-corrected chi connectivity index (χ4v) is 0.511. The lowest BCUT2D eigenvalue weighted by atomic mass is 10.3. The van der Waals surface area contributed by atoms with E-state index in [-0.39, 0.29) is 7.81 Å². The molecular formula is C6H8ClN2OP. The van der Waals surface area contributed by atoms with E-state index in [1.54, 1.807) is 12.1 Å². The number of benzene rings is 1. The van der Waals surface area contributed by atoms with Crippen LogP contribution < -0.4 is 11.5 Å². The second-order valence-electron chi connectivity index (χ2n) is 1.70. The van der Waals surface area contributed by atoms with Gasteiger partial charge in [0.15, 0.2) is 0 Å². The molecule has 0 radical (unpaired) electrons. The van der Waals surface area contributed by atoms with Crippen molar-refractivity contribution in [2.24, 2.45) is 0 Å². The van der Waals surface area contributed by atoms with E-state index >= 15 is 0 Å². The van der Waals surface area contributed by atoms with Crippen LogP contribution in [0.2, 0.25) is 0 Å². The number of para-hydroxylation sites is 2. The maximum atomic E-state index is 8.67. The molecule has 0 saturated heterocycles. The Morgan fingerprint density at radius 2 is 1.45 bits per heavy atom. The summed E-state index contributed by atoms with van der Waals surface area (Å²) in [6.45, 7) is 0.